The molecule has 36 heavy (non-hydrogen) atoms. The van der Waals surface area contributed by atoms with Gasteiger partial charge in [0.25, 0.3) is 0 Å². The van der Waals surface area contributed by atoms with E-state index in [-0.39, 0.29) is 25.2 Å². The van der Waals surface area contributed by atoms with Gasteiger partial charge in [-0.05, 0) is 33.2 Å². The van der Waals surface area contributed by atoms with Gasteiger partial charge in [0.05, 0.1) is 35.9 Å². The third-order valence-electron chi connectivity index (χ3n) is 7.24. The topological polar surface area (TPSA) is 108 Å². The second-order valence-electron chi connectivity index (χ2n) is 11.8. The highest BCUT2D eigenvalue weighted by Gasteiger charge is 2.57. The van der Waals surface area contributed by atoms with Crippen molar-refractivity contribution in [2.45, 2.75) is 96.7 Å². The van der Waals surface area contributed by atoms with Crippen LogP contribution in [-0.2, 0) is 14.3 Å². The van der Waals surface area contributed by atoms with Gasteiger partial charge >= 0.3 is 0 Å². The Balaban J connectivity index is 2.23. The number of hydrogen-bond donors (Lipinski definition) is 4. The highest BCUT2D eigenvalue weighted by molar-refractivity contribution is 6.76. The lowest BCUT2D eigenvalue weighted by atomic mass is 9.65. The van der Waals surface area contributed by atoms with Crippen LogP contribution in [0.3, 0.4) is 0 Å². The molecule has 7 nitrogen and oxygen atoms in total. The molecule has 0 spiro atoms. The van der Waals surface area contributed by atoms with Gasteiger partial charge < -0.3 is 30.1 Å². The zero-order valence-corrected chi connectivity index (χ0v) is 24.0. The molecule has 1 saturated heterocycles. The first-order chi connectivity index (χ1) is 16.7. The Hall–Kier alpha value is -1.55. The summed E-state index contributed by atoms with van der Waals surface area (Å²) in [6, 6.07) is 0.665. The monoisotopic (exact) mass is 521 g/mol. The van der Waals surface area contributed by atoms with Gasteiger partial charge in [0, 0.05) is 27.0 Å². The number of nitrogens with one attached hydrogen (secondary N) is 1. The van der Waals surface area contributed by atoms with Crippen molar-refractivity contribution in [3.05, 3.63) is 47.6 Å². The highest BCUT2D eigenvalue weighted by Crippen LogP contribution is 2.40. The van der Waals surface area contributed by atoms with Crippen LogP contribution in [0.1, 0.15) is 40.5 Å². The van der Waals surface area contributed by atoms with E-state index in [0.29, 0.717) is 13.0 Å². The summed E-state index contributed by atoms with van der Waals surface area (Å²) >= 11 is 0. The van der Waals surface area contributed by atoms with Gasteiger partial charge in [0.1, 0.15) is 6.79 Å². The molecule has 2 rings (SSSR count). The lowest BCUT2D eigenvalue weighted by Gasteiger charge is -2.50. The maximum atomic E-state index is 12.6. The summed E-state index contributed by atoms with van der Waals surface area (Å²) in [4.78, 5) is 12.6. The zero-order valence-electron chi connectivity index (χ0n) is 23.0. The van der Waals surface area contributed by atoms with Crippen LogP contribution in [0.2, 0.25) is 25.7 Å². The lowest BCUT2D eigenvalue weighted by molar-refractivity contribution is -0.160. The van der Waals surface area contributed by atoms with E-state index in [1.807, 2.05) is 44.2 Å². The molecule has 7 atom stereocenters. The van der Waals surface area contributed by atoms with Gasteiger partial charge in [-0.3, -0.25) is 4.79 Å². The molecule has 1 amide bonds. The van der Waals surface area contributed by atoms with Crippen molar-refractivity contribution in [1.82, 2.24) is 5.32 Å². The molecule has 4 N–H and O–H groups in total. The summed E-state index contributed by atoms with van der Waals surface area (Å²) in [5.41, 5.74) is 0.778. The van der Waals surface area contributed by atoms with Crippen LogP contribution < -0.4 is 5.32 Å². The molecular formula is C28H47NO6Si. The van der Waals surface area contributed by atoms with E-state index in [1.54, 1.807) is 19.9 Å². The molecular weight excluding hydrogens is 474 g/mol. The standard InChI is InChI=1S/C28H47NO6Si/c1-19-8-11-22(30)12-9-20(2)16-25-28(4,27(33)29-25)26(32)21(3)24(31)17-23(13-10-19)35-18-34-14-15-36(5,6)7/h8-10,12-13,16,21-26,30-32H,11,14-15,17-18H2,1-7H3,(H,29,33)/b12-9+,13-10+,19-8+,20-16+/t21-,22+,23-,24-,25-,26+,28+/m1/s1. The van der Waals surface area contributed by atoms with E-state index in [2.05, 4.69) is 25.0 Å². The van der Waals surface area contributed by atoms with Crippen LogP contribution in [0.5, 0.6) is 0 Å². The van der Waals surface area contributed by atoms with Gasteiger partial charge in [0.2, 0.25) is 5.91 Å². The van der Waals surface area contributed by atoms with Crippen LogP contribution in [0.4, 0.5) is 0 Å². The third kappa shape index (κ3) is 8.78. The van der Waals surface area contributed by atoms with E-state index in [4.69, 9.17) is 9.47 Å². The quantitative estimate of drug-likeness (QED) is 0.184. The molecule has 1 heterocycles. The van der Waals surface area contributed by atoms with Crippen molar-refractivity contribution in [1.29, 1.82) is 0 Å². The van der Waals surface area contributed by atoms with Crippen LogP contribution in [0.25, 0.3) is 0 Å². The predicted octanol–water partition coefficient (Wildman–Crippen LogP) is 3.71. The highest BCUT2D eigenvalue weighted by atomic mass is 28.3. The van der Waals surface area contributed by atoms with Gasteiger partial charge in [-0.15, -0.1) is 0 Å². The molecule has 8 heteroatoms. The van der Waals surface area contributed by atoms with Crippen LogP contribution in [0, 0.1) is 11.3 Å². The van der Waals surface area contributed by atoms with Gasteiger partial charge in [0.15, 0.2) is 0 Å². The van der Waals surface area contributed by atoms with Crippen molar-refractivity contribution >= 4 is 14.0 Å². The maximum absolute atomic E-state index is 12.6. The molecule has 1 aliphatic carbocycles. The first kappa shape index (κ1) is 30.7. The minimum Gasteiger partial charge on any atom is -0.393 e. The molecule has 1 aliphatic heterocycles. The van der Waals surface area contributed by atoms with Crippen LogP contribution in [0.15, 0.2) is 47.6 Å². The van der Waals surface area contributed by atoms with Gasteiger partial charge in [-0.25, -0.2) is 0 Å². The summed E-state index contributed by atoms with van der Waals surface area (Å²) in [7, 11) is -1.20. The molecule has 0 radical (unpaired) electrons. The molecule has 1 fully saturated rings. The first-order valence-electron chi connectivity index (χ1n) is 13.0. The molecule has 0 unspecified atom stereocenters. The minimum absolute atomic E-state index is 0.113. The van der Waals surface area contributed by atoms with Crippen molar-refractivity contribution in [2.24, 2.45) is 11.3 Å². The van der Waals surface area contributed by atoms with Crippen molar-refractivity contribution < 1.29 is 29.6 Å². The number of ether oxygens (including phenoxy) is 2. The normalized spacial score (nSPS) is 39.3. The minimum atomic E-state index is -1.20. The van der Waals surface area contributed by atoms with Gasteiger partial charge in [-0.1, -0.05) is 74.2 Å². The number of rotatable bonds is 6. The number of β-lactam (4-membered cyclic amide) rings is 1. The largest absolute Gasteiger partial charge is 0.393 e. The molecule has 0 saturated carbocycles. The molecule has 204 valence electrons. The second-order valence-corrected chi connectivity index (χ2v) is 17.4. The summed E-state index contributed by atoms with van der Waals surface area (Å²) in [6.45, 7) is 15.0. The average molecular weight is 522 g/mol. The molecule has 2 aliphatic rings. The van der Waals surface area contributed by atoms with Crippen molar-refractivity contribution in [2.75, 3.05) is 13.4 Å². The number of fused-ring (bicyclic) bond motifs is 1. The van der Waals surface area contributed by atoms with Gasteiger partial charge in [-0.2, -0.15) is 0 Å². The van der Waals surface area contributed by atoms with E-state index in [1.165, 1.54) is 0 Å². The Morgan fingerprint density at radius 1 is 1.11 bits per heavy atom. The first-order valence-corrected chi connectivity index (χ1v) is 16.7. The third-order valence-corrected chi connectivity index (χ3v) is 8.95. The number of hydrogen-bond acceptors (Lipinski definition) is 6. The fourth-order valence-electron chi connectivity index (χ4n) is 4.32. The summed E-state index contributed by atoms with van der Waals surface area (Å²) in [5.74, 6) is -0.803. The fourth-order valence-corrected chi connectivity index (χ4v) is 5.08. The van der Waals surface area contributed by atoms with E-state index in [9.17, 15) is 20.1 Å². The molecule has 0 aromatic carbocycles. The molecule has 0 aromatic heterocycles. The smallest absolute Gasteiger partial charge is 0.231 e. The maximum Gasteiger partial charge on any atom is 0.231 e. The zero-order chi connectivity index (χ0) is 27.1. The Morgan fingerprint density at radius 2 is 1.78 bits per heavy atom. The fraction of sp³-hybridized carbons (Fsp3) is 0.679. The Morgan fingerprint density at radius 3 is 2.42 bits per heavy atom. The van der Waals surface area contributed by atoms with Crippen molar-refractivity contribution in [3.63, 3.8) is 0 Å². The number of carbonyl (C=O) groups excluding carboxylic acids is 1. The summed E-state index contributed by atoms with van der Waals surface area (Å²) in [6.07, 6.45) is 8.86. The van der Waals surface area contributed by atoms with Crippen LogP contribution in [-0.4, -0.2) is 73.2 Å². The molecule has 0 bridgehead atoms. The Labute approximate surface area is 218 Å². The SMILES string of the molecule is CC1=C\C[C@H](O)/C=C/C(C)=C/[C@H]2NC(=O)[C@]2(C)[C@@H](O)[C@H](C)[C@H](O)C[C@H](OCOCC[Si](C)(C)C)\C=C\1. The number of carbonyl (C=O) groups is 1. The molecule has 0 aromatic rings. The van der Waals surface area contributed by atoms with E-state index >= 15 is 0 Å². The van der Waals surface area contributed by atoms with Crippen LogP contribution >= 0.6 is 0 Å². The number of aliphatic hydroxyl groups excluding tert-OH is 3. The average Bonchev–Trinajstić information content (AvgIpc) is 2.81. The Kier molecular flexibility index (Phi) is 11.3. The predicted molar refractivity (Wildman–Crippen MR) is 146 cm³/mol. The van der Waals surface area contributed by atoms with E-state index in [0.717, 1.165) is 17.2 Å². The lowest BCUT2D eigenvalue weighted by Crippen LogP contribution is -2.71. The van der Waals surface area contributed by atoms with E-state index < -0.39 is 43.8 Å². The number of allylic oxidation sites excluding steroid dienone is 4. The summed E-state index contributed by atoms with van der Waals surface area (Å²) < 4.78 is 11.7. The second kappa shape index (κ2) is 13.3. The summed E-state index contributed by atoms with van der Waals surface area (Å²) in [5, 5.41) is 35.5. The Bertz CT molecular complexity index is 861. The number of amides is 1. The van der Waals surface area contributed by atoms with Crippen molar-refractivity contribution in [3.8, 4) is 0 Å². The number of aliphatic hydroxyl groups is 3.